The van der Waals surface area contributed by atoms with Gasteiger partial charge in [0.25, 0.3) is 5.91 Å². The molecule has 122 valence electrons. The Balaban J connectivity index is 1.71. The molecular weight excluding hydrogens is 325 g/mol. The Hall–Kier alpha value is -3.30. The number of benzene rings is 1. The molecule has 3 rings (SSSR count). The number of hydrogen-bond acceptors (Lipinski definition) is 5. The van der Waals surface area contributed by atoms with Crippen molar-refractivity contribution >= 4 is 11.6 Å². The molecule has 0 saturated heterocycles. The van der Waals surface area contributed by atoms with Gasteiger partial charge in [-0.3, -0.25) is 4.79 Å². The highest BCUT2D eigenvalue weighted by molar-refractivity contribution is 6.02. The molecule has 24 heavy (non-hydrogen) atoms. The topological polar surface area (TPSA) is 85.6 Å². The fourth-order valence-electron chi connectivity index (χ4n) is 1.83. The van der Waals surface area contributed by atoms with Crippen LogP contribution in [0.25, 0.3) is 5.82 Å². The highest BCUT2D eigenvalue weighted by Crippen LogP contribution is 2.29. The molecule has 0 saturated carbocycles. The largest absolute Gasteiger partial charge is 0.416 e. The van der Waals surface area contributed by atoms with Crippen LogP contribution in [-0.4, -0.2) is 30.9 Å². The van der Waals surface area contributed by atoms with Gasteiger partial charge in [-0.05, 0) is 36.4 Å². The Labute approximate surface area is 133 Å². The predicted molar refractivity (Wildman–Crippen MR) is 76.3 cm³/mol. The van der Waals surface area contributed by atoms with E-state index in [4.69, 9.17) is 0 Å². The second kappa shape index (κ2) is 6.07. The van der Waals surface area contributed by atoms with Crippen LogP contribution in [-0.2, 0) is 6.18 Å². The van der Waals surface area contributed by atoms with Crippen LogP contribution in [0.15, 0.2) is 49.1 Å². The Morgan fingerprint density at radius 2 is 1.79 bits per heavy atom. The van der Waals surface area contributed by atoms with Crippen LogP contribution in [0.2, 0.25) is 0 Å². The van der Waals surface area contributed by atoms with E-state index >= 15 is 0 Å². The van der Waals surface area contributed by atoms with Crippen molar-refractivity contribution in [1.29, 1.82) is 0 Å². The zero-order valence-electron chi connectivity index (χ0n) is 11.9. The SMILES string of the molecule is O=C(Nc1ccc(C(F)(F)F)cc1)c1ccc(-n2cncn2)nn1. The third-order valence-electron chi connectivity index (χ3n) is 3.01. The van der Waals surface area contributed by atoms with E-state index in [1.807, 2.05) is 0 Å². The minimum atomic E-state index is -4.43. The zero-order valence-corrected chi connectivity index (χ0v) is 11.9. The lowest BCUT2D eigenvalue weighted by molar-refractivity contribution is -0.137. The first-order chi connectivity index (χ1) is 11.4. The summed E-state index contributed by atoms with van der Waals surface area (Å²) in [6, 6.07) is 7.03. The van der Waals surface area contributed by atoms with Crippen molar-refractivity contribution in [3.63, 3.8) is 0 Å². The van der Waals surface area contributed by atoms with Gasteiger partial charge in [0.15, 0.2) is 11.5 Å². The molecule has 0 atom stereocenters. The Kier molecular flexibility index (Phi) is 3.94. The second-order valence-electron chi connectivity index (χ2n) is 4.65. The summed E-state index contributed by atoms with van der Waals surface area (Å²) in [5, 5.41) is 13.9. The van der Waals surface area contributed by atoms with Gasteiger partial charge in [-0.2, -0.15) is 18.3 Å². The lowest BCUT2D eigenvalue weighted by Gasteiger charge is -2.08. The third-order valence-corrected chi connectivity index (χ3v) is 3.01. The van der Waals surface area contributed by atoms with Crippen LogP contribution in [0, 0.1) is 0 Å². The van der Waals surface area contributed by atoms with E-state index in [-0.39, 0.29) is 11.4 Å². The predicted octanol–water partition coefficient (Wildman–Crippen LogP) is 2.33. The number of aromatic nitrogens is 5. The lowest BCUT2D eigenvalue weighted by atomic mass is 10.2. The summed E-state index contributed by atoms with van der Waals surface area (Å²) < 4.78 is 38.8. The quantitative estimate of drug-likeness (QED) is 0.794. The van der Waals surface area contributed by atoms with Gasteiger partial charge in [0.1, 0.15) is 12.7 Å². The van der Waals surface area contributed by atoms with Crippen molar-refractivity contribution in [3.8, 4) is 5.82 Å². The average Bonchev–Trinajstić information content (AvgIpc) is 3.09. The number of nitrogens with zero attached hydrogens (tertiary/aromatic N) is 5. The van der Waals surface area contributed by atoms with Crippen molar-refractivity contribution in [2.45, 2.75) is 6.18 Å². The van der Waals surface area contributed by atoms with Crippen LogP contribution in [0.5, 0.6) is 0 Å². The van der Waals surface area contributed by atoms with Gasteiger partial charge in [-0.25, -0.2) is 9.67 Å². The number of hydrogen-bond donors (Lipinski definition) is 1. The number of halogens is 3. The van der Waals surface area contributed by atoms with Gasteiger partial charge in [-0.15, -0.1) is 10.2 Å². The Bertz CT molecular complexity index is 828. The second-order valence-corrected chi connectivity index (χ2v) is 4.65. The molecule has 10 heteroatoms. The number of anilines is 1. The van der Waals surface area contributed by atoms with E-state index in [1.165, 1.54) is 29.5 Å². The summed E-state index contributed by atoms with van der Waals surface area (Å²) in [7, 11) is 0. The molecule has 0 spiro atoms. The standard InChI is InChI=1S/C14H9F3N6O/c15-14(16,17)9-1-3-10(4-2-9)20-13(24)11-5-6-12(22-21-11)23-8-18-7-19-23/h1-8H,(H,20,24). The van der Waals surface area contributed by atoms with Crippen molar-refractivity contribution in [1.82, 2.24) is 25.0 Å². The van der Waals surface area contributed by atoms with Crippen molar-refractivity contribution in [2.75, 3.05) is 5.32 Å². The lowest BCUT2D eigenvalue weighted by Crippen LogP contribution is -2.15. The first kappa shape index (κ1) is 15.6. The molecule has 1 aromatic carbocycles. The number of alkyl halides is 3. The molecule has 0 aliphatic heterocycles. The minimum absolute atomic E-state index is 0.0127. The minimum Gasteiger partial charge on any atom is -0.321 e. The number of nitrogens with one attached hydrogen (secondary N) is 1. The van der Waals surface area contributed by atoms with Gasteiger partial charge in [0.2, 0.25) is 0 Å². The van der Waals surface area contributed by atoms with Crippen LogP contribution in [0.4, 0.5) is 18.9 Å². The smallest absolute Gasteiger partial charge is 0.321 e. The maximum absolute atomic E-state index is 12.5. The molecule has 1 amide bonds. The van der Waals surface area contributed by atoms with E-state index in [0.717, 1.165) is 24.3 Å². The van der Waals surface area contributed by atoms with Crippen LogP contribution < -0.4 is 5.32 Å². The summed E-state index contributed by atoms with van der Waals surface area (Å²) in [5.41, 5.74) is -0.564. The summed E-state index contributed by atoms with van der Waals surface area (Å²) in [6.07, 6.45) is -1.68. The summed E-state index contributed by atoms with van der Waals surface area (Å²) >= 11 is 0. The molecule has 3 aromatic rings. The van der Waals surface area contributed by atoms with E-state index in [0.29, 0.717) is 5.82 Å². The van der Waals surface area contributed by atoms with Gasteiger partial charge >= 0.3 is 6.18 Å². The summed E-state index contributed by atoms with van der Waals surface area (Å²) in [6.45, 7) is 0. The molecule has 0 aliphatic carbocycles. The van der Waals surface area contributed by atoms with Crippen molar-refractivity contribution in [2.24, 2.45) is 0 Å². The molecular formula is C14H9F3N6O. The fraction of sp³-hybridized carbons (Fsp3) is 0.0714. The van der Waals surface area contributed by atoms with Gasteiger partial charge in [-0.1, -0.05) is 0 Å². The number of carbonyl (C=O) groups is 1. The van der Waals surface area contributed by atoms with Crippen molar-refractivity contribution < 1.29 is 18.0 Å². The van der Waals surface area contributed by atoms with Crippen LogP contribution in [0.3, 0.4) is 0 Å². The maximum Gasteiger partial charge on any atom is 0.416 e. The van der Waals surface area contributed by atoms with E-state index in [2.05, 4.69) is 25.6 Å². The summed E-state index contributed by atoms with van der Waals surface area (Å²) in [5.74, 6) is -0.217. The zero-order chi connectivity index (χ0) is 17.2. The molecule has 0 radical (unpaired) electrons. The maximum atomic E-state index is 12.5. The molecule has 0 bridgehead atoms. The normalized spacial score (nSPS) is 11.3. The van der Waals surface area contributed by atoms with E-state index in [9.17, 15) is 18.0 Å². The number of carbonyl (C=O) groups excluding carboxylic acids is 1. The van der Waals surface area contributed by atoms with E-state index in [1.54, 1.807) is 0 Å². The molecule has 2 aromatic heterocycles. The summed E-state index contributed by atoms with van der Waals surface area (Å²) in [4.78, 5) is 15.8. The van der Waals surface area contributed by atoms with Crippen LogP contribution >= 0.6 is 0 Å². The van der Waals surface area contributed by atoms with Gasteiger partial charge in [0, 0.05) is 5.69 Å². The molecule has 0 fully saturated rings. The number of amides is 1. The average molecular weight is 334 g/mol. The third kappa shape index (κ3) is 3.37. The Morgan fingerprint density at radius 3 is 2.33 bits per heavy atom. The monoisotopic (exact) mass is 334 g/mol. The first-order valence-electron chi connectivity index (χ1n) is 6.61. The number of rotatable bonds is 3. The molecule has 2 heterocycles. The van der Waals surface area contributed by atoms with Gasteiger partial charge in [0.05, 0.1) is 5.56 Å². The molecule has 0 unspecified atom stereocenters. The highest BCUT2D eigenvalue weighted by atomic mass is 19.4. The van der Waals surface area contributed by atoms with Crippen LogP contribution in [0.1, 0.15) is 16.1 Å². The highest BCUT2D eigenvalue weighted by Gasteiger charge is 2.30. The van der Waals surface area contributed by atoms with Crippen molar-refractivity contribution in [3.05, 3.63) is 60.3 Å². The van der Waals surface area contributed by atoms with E-state index < -0.39 is 17.6 Å². The molecule has 7 nitrogen and oxygen atoms in total. The fourth-order valence-corrected chi connectivity index (χ4v) is 1.83. The first-order valence-corrected chi connectivity index (χ1v) is 6.61. The Morgan fingerprint density at radius 1 is 1.04 bits per heavy atom. The molecule has 0 aliphatic rings. The molecule has 1 N–H and O–H groups in total. The van der Waals surface area contributed by atoms with Gasteiger partial charge < -0.3 is 5.32 Å².